The zero-order valence-corrected chi connectivity index (χ0v) is 13.0. The molecule has 1 heterocycles. The van der Waals surface area contributed by atoms with Gasteiger partial charge < -0.3 is 14.3 Å². The van der Waals surface area contributed by atoms with Gasteiger partial charge in [-0.15, -0.1) is 0 Å². The Balaban J connectivity index is 2.02. The van der Waals surface area contributed by atoms with Crippen molar-refractivity contribution in [1.82, 2.24) is 0 Å². The highest BCUT2D eigenvalue weighted by atomic mass is 16.5. The van der Waals surface area contributed by atoms with E-state index in [1.807, 2.05) is 6.07 Å². The average molecular weight is 292 g/mol. The van der Waals surface area contributed by atoms with Crippen LogP contribution in [0.4, 0.5) is 0 Å². The van der Waals surface area contributed by atoms with E-state index >= 15 is 0 Å². The van der Waals surface area contributed by atoms with Gasteiger partial charge in [-0.2, -0.15) is 0 Å². The van der Waals surface area contributed by atoms with Gasteiger partial charge in [-0.3, -0.25) is 4.79 Å². The van der Waals surface area contributed by atoms with Gasteiger partial charge in [0.1, 0.15) is 11.9 Å². The minimum atomic E-state index is -0.252. The predicted octanol–water partition coefficient (Wildman–Crippen LogP) is 2.82. The topological polar surface area (TPSA) is 59.7 Å². The van der Waals surface area contributed by atoms with Crippen LogP contribution >= 0.6 is 0 Å². The van der Waals surface area contributed by atoms with Gasteiger partial charge >= 0.3 is 5.97 Å². The third-order valence-electron chi connectivity index (χ3n) is 5.62. The van der Waals surface area contributed by atoms with Crippen LogP contribution in [0.15, 0.2) is 16.7 Å². The first-order valence-corrected chi connectivity index (χ1v) is 7.74. The molecule has 1 aromatic rings. The summed E-state index contributed by atoms with van der Waals surface area (Å²) in [5, 5.41) is 9.98. The van der Waals surface area contributed by atoms with Crippen molar-refractivity contribution in [3.63, 3.8) is 0 Å². The van der Waals surface area contributed by atoms with Gasteiger partial charge in [0.2, 0.25) is 0 Å². The number of carbonyl (C=O) groups is 1. The van der Waals surface area contributed by atoms with Gasteiger partial charge in [0.25, 0.3) is 0 Å². The van der Waals surface area contributed by atoms with Gasteiger partial charge in [-0.05, 0) is 48.6 Å². The highest BCUT2D eigenvalue weighted by Gasteiger charge is 2.56. The molecule has 1 fully saturated rings. The predicted molar refractivity (Wildman–Crippen MR) is 77.9 cm³/mol. The second-order valence-corrected chi connectivity index (χ2v) is 7.24. The number of aliphatic hydroxyl groups is 1. The summed E-state index contributed by atoms with van der Waals surface area (Å²) in [6.45, 7) is 5.87. The number of ether oxygens (including phenoxy) is 1. The lowest BCUT2D eigenvalue weighted by atomic mass is 9.51. The lowest BCUT2D eigenvalue weighted by Gasteiger charge is -2.54. The van der Waals surface area contributed by atoms with Crippen molar-refractivity contribution >= 4 is 5.97 Å². The number of fused-ring (bicyclic) bond motifs is 3. The number of aryl methyl sites for hydroxylation is 1. The highest BCUT2D eigenvalue weighted by molar-refractivity contribution is 5.66. The van der Waals surface area contributed by atoms with Gasteiger partial charge in [0, 0.05) is 18.9 Å². The molecule has 4 unspecified atom stereocenters. The van der Waals surface area contributed by atoms with Crippen LogP contribution in [0.5, 0.6) is 0 Å². The zero-order valence-electron chi connectivity index (χ0n) is 13.0. The van der Waals surface area contributed by atoms with Gasteiger partial charge in [0.15, 0.2) is 0 Å². The van der Waals surface area contributed by atoms with E-state index in [1.165, 1.54) is 12.5 Å². The maximum atomic E-state index is 11.4. The van der Waals surface area contributed by atoms with Gasteiger partial charge in [-0.1, -0.05) is 13.8 Å². The largest absolute Gasteiger partial charge is 0.468 e. The first kappa shape index (κ1) is 14.6. The normalized spacial score (nSPS) is 38.5. The van der Waals surface area contributed by atoms with Crippen molar-refractivity contribution in [2.24, 2.45) is 11.3 Å². The number of aliphatic hydroxyl groups excluding tert-OH is 1. The SMILES string of the molecule is CC(=O)OC1CC(C)(CO)C2CCc3ccoc3C2(C)C1. The summed E-state index contributed by atoms with van der Waals surface area (Å²) < 4.78 is 11.3. The van der Waals surface area contributed by atoms with Crippen molar-refractivity contribution < 1.29 is 19.1 Å². The van der Waals surface area contributed by atoms with Gasteiger partial charge in [0.05, 0.1) is 6.26 Å². The Hall–Kier alpha value is -1.29. The molecule has 0 bridgehead atoms. The molecule has 1 N–H and O–H groups in total. The molecule has 1 saturated carbocycles. The maximum absolute atomic E-state index is 11.4. The highest BCUT2D eigenvalue weighted by Crippen LogP contribution is 2.57. The minimum Gasteiger partial charge on any atom is -0.468 e. The van der Waals surface area contributed by atoms with Crippen molar-refractivity contribution in [3.8, 4) is 0 Å². The second-order valence-electron chi connectivity index (χ2n) is 7.24. The van der Waals surface area contributed by atoms with Crippen LogP contribution in [0.25, 0.3) is 0 Å². The summed E-state index contributed by atoms with van der Waals surface area (Å²) in [5.74, 6) is 1.12. The van der Waals surface area contributed by atoms with E-state index in [2.05, 4.69) is 13.8 Å². The van der Waals surface area contributed by atoms with E-state index < -0.39 is 0 Å². The van der Waals surface area contributed by atoms with Crippen LogP contribution in [0, 0.1) is 11.3 Å². The smallest absolute Gasteiger partial charge is 0.302 e. The molecule has 4 atom stereocenters. The van der Waals surface area contributed by atoms with Crippen LogP contribution in [-0.2, 0) is 21.4 Å². The molecule has 3 rings (SSSR count). The quantitative estimate of drug-likeness (QED) is 0.852. The molecule has 1 aromatic heterocycles. The molecule has 2 aliphatic rings. The molecule has 116 valence electrons. The molecular formula is C17H24O4. The van der Waals surface area contributed by atoms with E-state index in [0.717, 1.165) is 31.4 Å². The van der Waals surface area contributed by atoms with E-state index in [1.54, 1.807) is 6.26 Å². The van der Waals surface area contributed by atoms with E-state index in [0.29, 0.717) is 5.92 Å². The summed E-state index contributed by atoms with van der Waals surface area (Å²) in [4.78, 5) is 11.4. The standard InChI is InChI=1S/C17H24O4/c1-11(19)21-13-8-16(2,10-18)14-5-4-12-6-7-20-15(12)17(14,3)9-13/h6-7,13-14,18H,4-5,8-10H2,1-3H3. The molecule has 0 amide bonds. The molecule has 0 radical (unpaired) electrons. The molecule has 0 aliphatic heterocycles. The van der Waals surface area contributed by atoms with Crippen LogP contribution < -0.4 is 0 Å². The lowest BCUT2D eigenvalue weighted by Crippen LogP contribution is -2.54. The van der Waals surface area contributed by atoms with E-state index in [-0.39, 0.29) is 29.5 Å². The number of hydrogen-bond donors (Lipinski definition) is 1. The summed E-state index contributed by atoms with van der Waals surface area (Å²) in [5.41, 5.74) is 0.849. The third-order valence-corrected chi connectivity index (χ3v) is 5.62. The Morgan fingerprint density at radius 1 is 1.48 bits per heavy atom. The van der Waals surface area contributed by atoms with Crippen LogP contribution in [0.3, 0.4) is 0 Å². The van der Waals surface area contributed by atoms with Crippen LogP contribution in [0.2, 0.25) is 0 Å². The van der Waals surface area contributed by atoms with Crippen molar-refractivity contribution in [2.45, 2.75) is 58.0 Å². The molecular weight excluding hydrogens is 268 g/mol. The van der Waals surface area contributed by atoms with E-state index in [4.69, 9.17) is 9.15 Å². The van der Waals surface area contributed by atoms with Crippen LogP contribution in [0.1, 0.15) is 51.4 Å². The monoisotopic (exact) mass is 292 g/mol. The molecule has 21 heavy (non-hydrogen) atoms. The number of esters is 1. The molecule has 4 nitrogen and oxygen atoms in total. The Kier molecular flexibility index (Phi) is 3.40. The first-order valence-electron chi connectivity index (χ1n) is 7.74. The average Bonchev–Trinajstić information content (AvgIpc) is 2.87. The Bertz CT molecular complexity index is 549. The number of rotatable bonds is 2. The fraction of sp³-hybridized carbons (Fsp3) is 0.706. The Morgan fingerprint density at radius 2 is 2.24 bits per heavy atom. The minimum absolute atomic E-state index is 0.112. The molecule has 0 saturated heterocycles. The van der Waals surface area contributed by atoms with Crippen molar-refractivity contribution in [3.05, 3.63) is 23.7 Å². The summed E-state index contributed by atoms with van der Waals surface area (Å²) in [6.07, 6.45) is 5.14. The maximum Gasteiger partial charge on any atom is 0.302 e. The summed E-state index contributed by atoms with van der Waals surface area (Å²) >= 11 is 0. The Labute approximate surface area is 125 Å². The van der Waals surface area contributed by atoms with Crippen molar-refractivity contribution in [2.75, 3.05) is 6.61 Å². The second kappa shape index (κ2) is 4.87. The number of furan rings is 1. The van der Waals surface area contributed by atoms with Crippen LogP contribution in [-0.4, -0.2) is 23.8 Å². The Morgan fingerprint density at radius 3 is 2.90 bits per heavy atom. The number of carbonyl (C=O) groups excluding carboxylic acids is 1. The first-order chi connectivity index (χ1) is 9.89. The molecule has 0 aromatic carbocycles. The number of hydrogen-bond acceptors (Lipinski definition) is 4. The zero-order chi connectivity index (χ0) is 15.3. The fourth-order valence-corrected chi connectivity index (χ4v) is 4.86. The molecule has 0 spiro atoms. The lowest BCUT2D eigenvalue weighted by molar-refractivity contribution is -0.158. The fourth-order valence-electron chi connectivity index (χ4n) is 4.86. The van der Waals surface area contributed by atoms with E-state index in [9.17, 15) is 9.90 Å². The van der Waals surface area contributed by atoms with Gasteiger partial charge in [-0.25, -0.2) is 0 Å². The summed E-state index contributed by atoms with van der Waals surface area (Å²) in [7, 11) is 0. The summed E-state index contributed by atoms with van der Waals surface area (Å²) in [6, 6.07) is 2.04. The molecule has 2 aliphatic carbocycles. The third kappa shape index (κ3) is 2.20. The van der Waals surface area contributed by atoms with Crippen molar-refractivity contribution in [1.29, 1.82) is 0 Å². The molecule has 4 heteroatoms.